The van der Waals surface area contributed by atoms with E-state index in [4.69, 9.17) is 9.47 Å². The van der Waals surface area contributed by atoms with Crippen molar-refractivity contribution in [2.24, 2.45) is 0 Å². The minimum absolute atomic E-state index is 0.0162. The monoisotopic (exact) mass is 363 g/mol. The van der Waals surface area contributed by atoms with Crippen LogP contribution in [0.1, 0.15) is 17.5 Å². The quantitative estimate of drug-likeness (QED) is 0.729. The molecule has 0 atom stereocenters. The third-order valence-electron chi connectivity index (χ3n) is 3.51. The molecule has 7 heteroatoms. The Morgan fingerprint density at radius 3 is 2.28 bits per heavy atom. The predicted molar refractivity (Wildman–Crippen MR) is 93.8 cm³/mol. The molecule has 0 bridgehead atoms. The third kappa shape index (κ3) is 5.88. The van der Waals surface area contributed by atoms with Crippen LogP contribution in [0.4, 0.5) is 0 Å². The maximum absolute atomic E-state index is 12.1. The molecule has 0 aliphatic carbocycles. The Balaban J connectivity index is 1.76. The summed E-state index contributed by atoms with van der Waals surface area (Å²) in [5.41, 5.74) is 1.80. The molecule has 2 aromatic carbocycles. The minimum atomic E-state index is -3.62. The number of methoxy groups -OCH3 is 1. The highest BCUT2D eigenvalue weighted by molar-refractivity contribution is 7.89. The van der Waals surface area contributed by atoms with Crippen molar-refractivity contribution in [3.63, 3.8) is 0 Å². The lowest BCUT2D eigenvalue weighted by Crippen LogP contribution is -2.26. The SMILES string of the molecule is COc1ccc(COC(=O)CCNS(=O)(=O)c2ccc(C)cc2)cc1. The summed E-state index contributed by atoms with van der Waals surface area (Å²) >= 11 is 0. The van der Waals surface area contributed by atoms with Crippen LogP contribution in [0, 0.1) is 6.92 Å². The normalized spacial score (nSPS) is 11.1. The van der Waals surface area contributed by atoms with E-state index in [2.05, 4.69) is 4.72 Å². The van der Waals surface area contributed by atoms with Gasteiger partial charge in [-0.3, -0.25) is 4.79 Å². The first-order valence-electron chi connectivity index (χ1n) is 7.75. The van der Waals surface area contributed by atoms with Crippen molar-refractivity contribution in [1.29, 1.82) is 0 Å². The minimum Gasteiger partial charge on any atom is -0.497 e. The standard InChI is InChI=1S/C18H21NO5S/c1-14-3-9-17(10-4-14)25(21,22)19-12-11-18(20)24-13-15-5-7-16(23-2)8-6-15/h3-10,19H,11-13H2,1-2H3. The summed E-state index contributed by atoms with van der Waals surface area (Å²) in [6, 6.07) is 13.6. The molecular formula is C18H21NO5S. The fraction of sp³-hybridized carbons (Fsp3) is 0.278. The number of hydrogen-bond donors (Lipinski definition) is 1. The van der Waals surface area contributed by atoms with Crippen molar-refractivity contribution in [3.05, 3.63) is 59.7 Å². The highest BCUT2D eigenvalue weighted by atomic mass is 32.2. The molecule has 0 aliphatic rings. The Bertz CT molecular complexity index is 798. The van der Waals surface area contributed by atoms with Crippen LogP contribution in [0.2, 0.25) is 0 Å². The lowest BCUT2D eigenvalue weighted by Gasteiger charge is -2.08. The summed E-state index contributed by atoms with van der Waals surface area (Å²) in [5.74, 6) is 0.253. The molecule has 0 fully saturated rings. The molecule has 0 amide bonds. The summed E-state index contributed by atoms with van der Waals surface area (Å²) in [5, 5.41) is 0. The number of hydrogen-bond acceptors (Lipinski definition) is 5. The summed E-state index contributed by atoms with van der Waals surface area (Å²) in [4.78, 5) is 11.9. The number of carbonyl (C=O) groups is 1. The van der Waals surface area contributed by atoms with E-state index in [-0.39, 0.29) is 24.5 Å². The Kier molecular flexibility index (Phi) is 6.55. The summed E-state index contributed by atoms with van der Waals surface area (Å²) in [7, 11) is -2.04. The van der Waals surface area contributed by atoms with E-state index < -0.39 is 16.0 Å². The molecule has 6 nitrogen and oxygen atoms in total. The molecule has 2 rings (SSSR count). The molecule has 0 saturated heterocycles. The number of sulfonamides is 1. The molecule has 0 aliphatic heterocycles. The molecule has 0 heterocycles. The largest absolute Gasteiger partial charge is 0.497 e. The van der Waals surface area contributed by atoms with Gasteiger partial charge in [-0.1, -0.05) is 29.8 Å². The molecule has 134 valence electrons. The molecule has 0 aromatic heterocycles. The van der Waals surface area contributed by atoms with E-state index in [1.165, 1.54) is 12.1 Å². The fourth-order valence-electron chi connectivity index (χ4n) is 2.05. The summed E-state index contributed by atoms with van der Waals surface area (Å²) < 4.78 is 36.7. The van der Waals surface area contributed by atoms with Crippen molar-refractivity contribution >= 4 is 16.0 Å². The van der Waals surface area contributed by atoms with Crippen LogP contribution in [0.15, 0.2) is 53.4 Å². The second-order valence-electron chi connectivity index (χ2n) is 5.47. The Morgan fingerprint density at radius 2 is 1.68 bits per heavy atom. The van der Waals surface area contributed by atoms with Gasteiger partial charge in [-0.25, -0.2) is 13.1 Å². The molecule has 0 radical (unpaired) electrons. The maximum atomic E-state index is 12.1. The van der Waals surface area contributed by atoms with Gasteiger partial charge in [-0.15, -0.1) is 0 Å². The average molecular weight is 363 g/mol. The van der Waals surface area contributed by atoms with Crippen molar-refractivity contribution < 1.29 is 22.7 Å². The molecular weight excluding hydrogens is 342 g/mol. The molecule has 25 heavy (non-hydrogen) atoms. The molecule has 1 N–H and O–H groups in total. The van der Waals surface area contributed by atoms with Gasteiger partial charge in [-0.2, -0.15) is 0 Å². The lowest BCUT2D eigenvalue weighted by atomic mass is 10.2. The molecule has 0 spiro atoms. The number of benzene rings is 2. The zero-order chi connectivity index (χ0) is 18.3. The summed E-state index contributed by atoms with van der Waals surface area (Å²) in [6.07, 6.45) is -0.0404. The van der Waals surface area contributed by atoms with Crippen LogP contribution in [0.5, 0.6) is 5.75 Å². The number of carbonyl (C=O) groups excluding carboxylic acids is 1. The van der Waals surface area contributed by atoms with Crippen molar-refractivity contribution in [3.8, 4) is 5.75 Å². The zero-order valence-electron chi connectivity index (χ0n) is 14.2. The number of nitrogens with one attached hydrogen (secondary N) is 1. The van der Waals surface area contributed by atoms with Crippen LogP contribution >= 0.6 is 0 Å². The van der Waals surface area contributed by atoms with E-state index in [0.29, 0.717) is 0 Å². The Hall–Kier alpha value is -2.38. The van der Waals surface area contributed by atoms with Gasteiger partial charge in [0.2, 0.25) is 10.0 Å². The Labute approximate surface area is 147 Å². The van der Waals surface area contributed by atoms with Gasteiger partial charge in [0.15, 0.2) is 0 Å². The van der Waals surface area contributed by atoms with Gasteiger partial charge in [0.05, 0.1) is 18.4 Å². The number of esters is 1. The molecule has 2 aromatic rings. The van der Waals surface area contributed by atoms with Crippen molar-refractivity contribution in [1.82, 2.24) is 4.72 Å². The number of aryl methyl sites for hydroxylation is 1. The highest BCUT2D eigenvalue weighted by Gasteiger charge is 2.14. The van der Waals surface area contributed by atoms with Gasteiger partial charge in [0, 0.05) is 6.54 Å². The van der Waals surface area contributed by atoms with Crippen LogP contribution in [0.3, 0.4) is 0 Å². The van der Waals surface area contributed by atoms with E-state index in [1.54, 1.807) is 43.5 Å². The highest BCUT2D eigenvalue weighted by Crippen LogP contribution is 2.12. The van der Waals surface area contributed by atoms with Gasteiger partial charge >= 0.3 is 5.97 Å². The van der Waals surface area contributed by atoms with Crippen LogP contribution < -0.4 is 9.46 Å². The molecule has 0 saturated carbocycles. The first kappa shape index (κ1) is 19.0. The number of rotatable bonds is 8. The molecule has 0 unspecified atom stereocenters. The number of ether oxygens (including phenoxy) is 2. The van der Waals surface area contributed by atoms with Crippen LogP contribution in [-0.2, 0) is 26.2 Å². The predicted octanol–water partition coefficient (Wildman–Crippen LogP) is 2.42. The van der Waals surface area contributed by atoms with Gasteiger partial charge in [0.25, 0.3) is 0 Å². The second-order valence-corrected chi connectivity index (χ2v) is 7.24. The fourth-order valence-corrected chi connectivity index (χ4v) is 3.08. The van der Waals surface area contributed by atoms with Gasteiger partial charge in [-0.05, 0) is 36.8 Å². The van der Waals surface area contributed by atoms with E-state index in [9.17, 15) is 13.2 Å². The van der Waals surface area contributed by atoms with E-state index in [0.717, 1.165) is 16.9 Å². The van der Waals surface area contributed by atoms with Crippen molar-refractivity contribution in [2.45, 2.75) is 24.8 Å². The van der Waals surface area contributed by atoms with E-state index >= 15 is 0 Å². The summed E-state index contributed by atoms with van der Waals surface area (Å²) in [6.45, 7) is 1.99. The first-order chi connectivity index (χ1) is 11.9. The van der Waals surface area contributed by atoms with Crippen LogP contribution in [-0.4, -0.2) is 28.0 Å². The smallest absolute Gasteiger partial charge is 0.307 e. The van der Waals surface area contributed by atoms with Crippen molar-refractivity contribution in [2.75, 3.05) is 13.7 Å². The Morgan fingerprint density at radius 1 is 1.04 bits per heavy atom. The van der Waals surface area contributed by atoms with E-state index in [1.807, 2.05) is 6.92 Å². The van der Waals surface area contributed by atoms with Crippen LogP contribution in [0.25, 0.3) is 0 Å². The van der Waals surface area contributed by atoms with Gasteiger partial charge in [0.1, 0.15) is 12.4 Å². The van der Waals surface area contributed by atoms with Gasteiger partial charge < -0.3 is 9.47 Å². The lowest BCUT2D eigenvalue weighted by molar-refractivity contribution is -0.144. The maximum Gasteiger partial charge on any atom is 0.307 e. The average Bonchev–Trinajstić information content (AvgIpc) is 2.60. The topological polar surface area (TPSA) is 81.7 Å². The first-order valence-corrected chi connectivity index (χ1v) is 9.24. The third-order valence-corrected chi connectivity index (χ3v) is 4.99. The zero-order valence-corrected chi connectivity index (χ0v) is 15.0. The second kappa shape index (κ2) is 8.64.